The van der Waals surface area contributed by atoms with Crippen LogP contribution in [-0.2, 0) is 32.0 Å². The van der Waals surface area contributed by atoms with Gasteiger partial charge in [-0.25, -0.2) is 0 Å². The summed E-state index contributed by atoms with van der Waals surface area (Å²) in [5.41, 5.74) is 2.75. The number of aromatic nitrogens is 1. The van der Waals surface area contributed by atoms with Crippen molar-refractivity contribution in [3.63, 3.8) is 0 Å². The predicted octanol–water partition coefficient (Wildman–Crippen LogP) is 2.72. The van der Waals surface area contributed by atoms with Crippen LogP contribution < -0.4 is 5.32 Å². The van der Waals surface area contributed by atoms with Crippen LogP contribution in [0.15, 0.2) is 54.7 Å². The number of likely N-dealkylation sites (tertiary alicyclic amines) is 1. The van der Waals surface area contributed by atoms with E-state index in [4.69, 9.17) is 4.74 Å². The summed E-state index contributed by atoms with van der Waals surface area (Å²) in [4.78, 5) is 51.4. The molecule has 4 fully saturated rings. The number of nitrogens with zero attached hydrogens (tertiary/aromatic N) is 3. The molecule has 10 nitrogen and oxygen atoms in total. The Morgan fingerprint density at radius 1 is 1.16 bits per heavy atom. The third-order valence-electron chi connectivity index (χ3n) is 11.2. The summed E-state index contributed by atoms with van der Waals surface area (Å²) in [6.45, 7) is 4.68. The van der Waals surface area contributed by atoms with Gasteiger partial charge in [0.05, 0.1) is 5.92 Å². The van der Waals surface area contributed by atoms with Crippen molar-refractivity contribution in [3.8, 4) is 0 Å². The Morgan fingerprint density at radius 2 is 1.96 bits per heavy atom. The van der Waals surface area contributed by atoms with Crippen LogP contribution in [0.1, 0.15) is 55.7 Å². The largest absolute Gasteiger partial charge is 0.361 e. The number of carbonyl (C=O) groups is 3. The Kier molecular flexibility index (Phi) is 6.47. The second kappa shape index (κ2) is 10.1. The average Bonchev–Trinajstić information content (AvgIpc) is 3.74. The maximum absolute atomic E-state index is 14.6. The van der Waals surface area contributed by atoms with Gasteiger partial charge in [0.1, 0.15) is 12.1 Å². The Bertz CT molecular complexity index is 1690. The molecular weight excluding hydrogens is 570 g/mol. The Morgan fingerprint density at radius 3 is 2.73 bits per heavy atom. The van der Waals surface area contributed by atoms with Gasteiger partial charge < -0.3 is 25.2 Å². The third-order valence-corrected chi connectivity index (χ3v) is 11.2. The molecule has 7 atom stereocenters. The molecule has 3 N–H and O–H groups in total. The monoisotopic (exact) mass is 611 g/mol. The van der Waals surface area contributed by atoms with Crippen LogP contribution in [0, 0.1) is 11.8 Å². The highest BCUT2D eigenvalue weighted by Gasteiger charge is 2.72. The van der Waals surface area contributed by atoms with E-state index in [0.29, 0.717) is 32.4 Å². The van der Waals surface area contributed by atoms with E-state index in [-0.39, 0.29) is 30.2 Å². The Hall–Kier alpha value is -3.73. The minimum absolute atomic E-state index is 0.164. The topological polar surface area (TPSA) is 118 Å². The van der Waals surface area contributed by atoms with E-state index in [9.17, 15) is 19.5 Å². The molecule has 1 aromatic heterocycles. The first kappa shape index (κ1) is 28.7. The number of likely N-dealkylation sites (N-methyl/N-ethyl adjacent to an activating group) is 1. The fourth-order valence-electron chi connectivity index (χ4n) is 8.99. The summed E-state index contributed by atoms with van der Waals surface area (Å²) >= 11 is 0. The van der Waals surface area contributed by atoms with Crippen LogP contribution >= 0.6 is 0 Å². The number of ether oxygens (including phenoxy) is 1. The number of nitrogens with one attached hydrogen (secondary N) is 2. The summed E-state index contributed by atoms with van der Waals surface area (Å²) in [6.07, 6.45) is 5.12. The van der Waals surface area contributed by atoms with Gasteiger partial charge in [-0.05, 0) is 55.5 Å². The van der Waals surface area contributed by atoms with Crippen molar-refractivity contribution in [2.75, 3.05) is 20.1 Å². The molecule has 10 heteroatoms. The Balaban J connectivity index is 1.12. The highest BCUT2D eigenvalue weighted by Crippen LogP contribution is 2.49. The minimum Gasteiger partial charge on any atom is -0.361 e. The lowest BCUT2D eigenvalue weighted by Gasteiger charge is -2.48. The van der Waals surface area contributed by atoms with Gasteiger partial charge in [0, 0.05) is 54.5 Å². The number of carbonyl (C=O) groups excluding carboxylic acids is 3. The third kappa shape index (κ3) is 4.08. The summed E-state index contributed by atoms with van der Waals surface area (Å²) < 4.78 is 6.51. The molecule has 3 aromatic rings. The first-order valence-electron chi connectivity index (χ1n) is 16.3. The number of aliphatic hydroxyl groups is 1. The summed E-state index contributed by atoms with van der Waals surface area (Å²) in [7, 11) is 2.07. The lowest BCUT2D eigenvalue weighted by molar-refractivity contribution is -0.321. The maximum atomic E-state index is 14.6. The van der Waals surface area contributed by atoms with Crippen molar-refractivity contribution in [1.29, 1.82) is 0 Å². The molecule has 3 amide bonds. The molecule has 1 aliphatic carbocycles. The number of hydrogen-bond donors (Lipinski definition) is 3. The van der Waals surface area contributed by atoms with Crippen LogP contribution in [-0.4, -0.2) is 92.4 Å². The zero-order valence-electron chi connectivity index (χ0n) is 26.0. The van der Waals surface area contributed by atoms with Crippen LogP contribution in [0.5, 0.6) is 0 Å². The van der Waals surface area contributed by atoms with E-state index < -0.39 is 41.5 Å². The normalized spacial score (nSPS) is 34.3. The number of aromatic amines is 1. The molecule has 0 bridgehead atoms. The lowest BCUT2D eigenvalue weighted by atomic mass is 9.72. The molecule has 2 aromatic carbocycles. The second-order valence-corrected chi connectivity index (χ2v) is 14.0. The SMILES string of the molecule is CC(C)[C@]1(NC(=O)[C@H]2C[C@H]3c4cccc5[nH]cc(c45)C[C@@H]3N(C)C2)O[C@@]2(O)[C@H]3CCCN3C(=O)[C@H](Cc3ccccc3)N2C1=O. The van der Waals surface area contributed by atoms with E-state index in [2.05, 4.69) is 46.6 Å². The molecule has 4 aliphatic heterocycles. The lowest BCUT2D eigenvalue weighted by Crippen LogP contribution is -2.71. The van der Waals surface area contributed by atoms with Crippen molar-refractivity contribution in [1.82, 2.24) is 25.0 Å². The van der Waals surface area contributed by atoms with E-state index in [0.717, 1.165) is 17.5 Å². The zero-order chi connectivity index (χ0) is 31.2. The number of piperazine rings is 1. The first-order chi connectivity index (χ1) is 21.6. The maximum Gasteiger partial charge on any atom is 0.281 e. The van der Waals surface area contributed by atoms with Gasteiger partial charge in [-0.3, -0.25) is 24.0 Å². The number of fused-ring (bicyclic) bond motifs is 5. The molecular formula is C35H41N5O5. The minimum atomic E-state index is -2.04. The van der Waals surface area contributed by atoms with Gasteiger partial charge in [0.2, 0.25) is 17.5 Å². The van der Waals surface area contributed by atoms with E-state index in [1.54, 1.807) is 4.90 Å². The fourth-order valence-corrected chi connectivity index (χ4v) is 8.99. The van der Waals surface area contributed by atoms with E-state index >= 15 is 0 Å². The van der Waals surface area contributed by atoms with E-state index in [1.165, 1.54) is 21.4 Å². The van der Waals surface area contributed by atoms with Crippen molar-refractivity contribution in [2.24, 2.45) is 11.8 Å². The van der Waals surface area contributed by atoms with Crippen molar-refractivity contribution in [2.45, 2.75) is 81.6 Å². The molecule has 0 saturated carbocycles. The van der Waals surface area contributed by atoms with Gasteiger partial charge in [0.15, 0.2) is 0 Å². The van der Waals surface area contributed by atoms with Crippen molar-refractivity contribution >= 4 is 28.6 Å². The van der Waals surface area contributed by atoms with Gasteiger partial charge in [-0.1, -0.05) is 56.3 Å². The molecule has 0 spiro atoms. The molecule has 45 heavy (non-hydrogen) atoms. The fraction of sp³-hybridized carbons (Fsp3) is 0.514. The van der Waals surface area contributed by atoms with Crippen LogP contribution in [0.4, 0.5) is 0 Å². The molecule has 5 aliphatic rings. The average molecular weight is 612 g/mol. The zero-order valence-corrected chi connectivity index (χ0v) is 26.0. The molecule has 4 saturated heterocycles. The number of benzene rings is 2. The number of rotatable bonds is 5. The van der Waals surface area contributed by atoms with Gasteiger partial charge in [0.25, 0.3) is 11.8 Å². The van der Waals surface area contributed by atoms with Gasteiger partial charge in [-0.15, -0.1) is 0 Å². The standard InChI is InChI=1S/C35H41N5O5/c1-20(2)34(37-31(41)23-16-25-24-11-7-12-26-30(24)22(18-36-26)17-27(25)38(3)19-23)33(43)40-28(15-21-9-5-4-6-10-21)32(42)39-14-8-13-29(39)35(40,44)45-34/h4-7,9-12,18,20,23,25,27-29,36,44H,8,13-17,19H2,1-3H3,(H,37,41)/t23-,25-,27-,28-,29+,34-,35-/m0/s1. The molecule has 0 unspecified atom stereocenters. The van der Waals surface area contributed by atoms with E-state index in [1.807, 2.05) is 44.2 Å². The summed E-state index contributed by atoms with van der Waals surface area (Å²) in [5.74, 6) is -3.80. The number of piperidine rings is 1. The Labute approximate surface area is 262 Å². The van der Waals surface area contributed by atoms with Gasteiger partial charge in [-0.2, -0.15) is 0 Å². The smallest absolute Gasteiger partial charge is 0.281 e. The highest BCUT2D eigenvalue weighted by atomic mass is 16.7. The quantitative estimate of drug-likeness (QED) is 0.409. The highest BCUT2D eigenvalue weighted by molar-refractivity contribution is 5.98. The van der Waals surface area contributed by atoms with Crippen molar-refractivity contribution in [3.05, 3.63) is 71.4 Å². The first-order valence-corrected chi connectivity index (χ1v) is 16.3. The molecule has 8 rings (SSSR count). The molecule has 5 heterocycles. The number of hydrogen-bond acceptors (Lipinski definition) is 6. The number of H-pyrrole nitrogens is 1. The van der Waals surface area contributed by atoms with Gasteiger partial charge >= 0.3 is 0 Å². The molecule has 0 radical (unpaired) electrons. The van der Waals surface area contributed by atoms with Crippen LogP contribution in [0.3, 0.4) is 0 Å². The summed E-state index contributed by atoms with van der Waals surface area (Å²) in [5, 5.41) is 16.6. The molecule has 236 valence electrons. The van der Waals surface area contributed by atoms with Crippen molar-refractivity contribution < 1.29 is 24.2 Å². The van der Waals surface area contributed by atoms with Crippen LogP contribution in [0.25, 0.3) is 10.9 Å². The second-order valence-electron chi connectivity index (χ2n) is 14.0. The summed E-state index contributed by atoms with van der Waals surface area (Å²) in [6, 6.07) is 14.5. The predicted molar refractivity (Wildman–Crippen MR) is 167 cm³/mol. The number of amides is 3. The van der Waals surface area contributed by atoms with Crippen LogP contribution in [0.2, 0.25) is 0 Å².